The van der Waals surface area contributed by atoms with Gasteiger partial charge in [-0.3, -0.25) is 4.98 Å². The summed E-state index contributed by atoms with van der Waals surface area (Å²) in [7, 11) is -0.227. The molecule has 1 spiro atoms. The van der Waals surface area contributed by atoms with Gasteiger partial charge in [0.05, 0.1) is 12.2 Å². The minimum atomic E-state index is -3.34. The fraction of sp³-hybridized carbons (Fsp3) is 0.688. The SMILES string of the molecule is CN(C)S(=O)(=O)N1CC2(C1)OCC[C@@H]2CCOCc1ccncc1. The molecule has 0 aromatic carbocycles. The van der Waals surface area contributed by atoms with Gasteiger partial charge in [-0.05, 0) is 36.5 Å². The zero-order valence-corrected chi connectivity index (χ0v) is 15.0. The molecule has 0 saturated carbocycles. The highest BCUT2D eigenvalue weighted by Crippen LogP contribution is 2.42. The monoisotopic (exact) mass is 355 g/mol. The van der Waals surface area contributed by atoms with E-state index in [1.54, 1.807) is 26.5 Å². The first-order valence-electron chi connectivity index (χ1n) is 8.22. The molecular formula is C16H25N3O4S. The molecular weight excluding hydrogens is 330 g/mol. The third kappa shape index (κ3) is 3.48. The van der Waals surface area contributed by atoms with Crippen molar-refractivity contribution in [2.24, 2.45) is 5.92 Å². The standard InChI is InChI=1S/C16H25N3O4S/c1-18(2)24(20,21)19-12-16(13-19)15(6-10-23-16)5-9-22-11-14-3-7-17-8-4-14/h3-4,7-8,15H,5-6,9-13H2,1-2H3/t15-/m0/s1. The molecule has 7 nitrogen and oxygen atoms in total. The molecule has 0 N–H and O–H groups in total. The van der Waals surface area contributed by atoms with Gasteiger partial charge in [-0.1, -0.05) is 0 Å². The molecule has 3 heterocycles. The van der Waals surface area contributed by atoms with E-state index in [9.17, 15) is 8.42 Å². The number of hydrogen-bond donors (Lipinski definition) is 0. The van der Waals surface area contributed by atoms with Crippen LogP contribution in [0.3, 0.4) is 0 Å². The third-order valence-electron chi connectivity index (χ3n) is 4.90. The van der Waals surface area contributed by atoms with Gasteiger partial charge in [-0.15, -0.1) is 0 Å². The van der Waals surface area contributed by atoms with Crippen molar-refractivity contribution in [3.05, 3.63) is 30.1 Å². The predicted molar refractivity (Wildman–Crippen MR) is 89.5 cm³/mol. The lowest BCUT2D eigenvalue weighted by atomic mass is 9.80. The van der Waals surface area contributed by atoms with Gasteiger partial charge in [0.25, 0.3) is 10.2 Å². The van der Waals surface area contributed by atoms with Crippen molar-refractivity contribution in [3.8, 4) is 0 Å². The molecule has 2 saturated heterocycles. The molecule has 2 aliphatic heterocycles. The smallest absolute Gasteiger partial charge is 0.281 e. The molecule has 134 valence electrons. The molecule has 1 aromatic rings. The van der Waals surface area contributed by atoms with Crippen molar-refractivity contribution in [3.63, 3.8) is 0 Å². The molecule has 0 aliphatic carbocycles. The summed E-state index contributed by atoms with van der Waals surface area (Å²) in [6.07, 6.45) is 5.37. The number of rotatable bonds is 7. The molecule has 0 bridgehead atoms. The number of hydrogen-bond acceptors (Lipinski definition) is 5. The Labute approximate surface area is 143 Å². The summed E-state index contributed by atoms with van der Waals surface area (Å²) in [5, 5.41) is 0. The van der Waals surface area contributed by atoms with Crippen LogP contribution in [0.25, 0.3) is 0 Å². The zero-order chi connectivity index (χ0) is 17.2. The lowest BCUT2D eigenvalue weighted by Gasteiger charge is -2.49. The molecule has 2 fully saturated rings. The molecule has 8 heteroatoms. The first-order valence-corrected chi connectivity index (χ1v) is 9.62. The molecule has 2 aliphatic rings. The minimum Gasteiger partial charge on any atom is -0.377 e. The van der Waals surface area contributed by atoms with E-state index in [1.165, 1.54) is 8.61 Å². The van der Waals surface area contributed by atoms with E-state index in [2.05, 4.69) is 4.98 Å². The Morgan fingerprint density at radius 1 is 1.38 bits per heavy atom. The maximum Gasteiger partial charge on any atom is 0.281 e. The van der Waals surface area contributed by atoms with E-state index in [0.29, 0.717) is 38.8 Å². The first kappa shape index (κ1) is 17.8. The average Bonchev–Trinajstić information content (AvgIpc) is 2.95. The van der Waals surface area contributed by atoms with Crippen molar-refractivity contribution in [2.45, 2.75) is 25.0 Å². The Balaban J connectivity index is 1.47. The van der Waals surface area contributed by atoms with Crippen LogP contribution in [-0.2, 0) is 26.3 Å². The van der Waals surface area contributed by atoms with Crippen LogP contribution in [-0.4, -0.2) is 68.0 Å². The Hall–Kier alpha value is -1.06. The first-order chi connectivity index (χ1) is 11.4. The fourth-order valence-corrected chi connectivity index (χ4v) is 4.61. The second kappa shape index (κ2) is 7.05. The highest BCUT2D eigenvalue weighted by atomic mass is 32.2. The van der Waals surface area contributed by atoms with E-state index in [-0.39, 0.29) is 5.60 Å². The summed E-state index contributed by atoms with van der Waals surface area (Å²) in [6.45, 7) is 2.82. The molecule has 1 atom stereocenters. The van der Waals surface area contributed by atoms with Gasteiger partial charge in [0.15, 0.2) is 0 Å². The number of ether oxygens (including phenoxy) is 2. The van der Waals surface area contributed by atoms with Crippen LogP contribution in [0.5, 0.6) is 0 Å². The number of pyridine rings is 1. The molecule has 0 unspecified atom stereocenters. The van der Waals surface area contributed by atoms with Crippen molar-refractivity contribution in [1.29, 1.82) is 0 Å². The van der Waals surface area contributed by atoms with Crippen LogP contribution < -0.4 is 0 Å². The molecule has 0 amide bonds. The highest BCUT2D eigenvalue weighted by Gasteiger charge is 2.56. The molecule has 1 aromatic heterocycles. The Morgan fingerprint density at radius 2 is 2.08 bits per heavy atom. The quantitative estimate of drug-likeness (QED) is 0.679. The number of nitrogens with zero attached hydrogens (tertiary/aromatic N) is 3. The zero-order valence-electron chi connectivity index (χ0n) is 14.2. The predicted octanol–water partition coefficient (Wildman–Crippen LogP) is 0.886. The normalized spacial score (nSPS) is 23.7. The minimum absolute atomic E-state index is 0.316. The van der Waals surface area contributed by atoms with Crippen LogP contribution in [0.2, 0.25) is 0 Å². The van der Waals surface area contributed by atoms with E-state index in [0.717, 1.165) is 18.4 Å². The summed E-state index contributed by atoms with van der Waals surface area (Å²) >= 11 is 0. The Bertz CT molecular complexity index is 645. The van der Waals surface area contributed by atoms with Gasteiger partial charge in [0, 0.05) is 52.8 Å². The topological polar surface area (TPSA) is 72.0 Å². The third-order valence-corrected chi connectivity index (χ3v) is 6.74. The molecule has 3 rings (SSSR count). The lowest BCUT2D eigenvalue weighted by molar-refractivity contribution is -0.107. The number of aromatic nitrogens is 1. The van der Waals surface area contributed by atoms with Crippen molar-refractivity contribution in [2.75, 3.05) is 40.4 Å². The van der Waals surface area contributed by atoms with Gasteiger partial charge >= 0.3 is 0 Å². The Morgan fingerprint density at radius 3 is 2.75 bits per heavy atom. The summed E-state index contributed by atoms with van der Waals surface area (Å²) in [6, 6.07) is 3.88. The largest absolute Gasteiger partial charge is 0.377 e. The maximum atomic E-state index is 12.1. The maximum absolute atomic E-state index is 12.1. The average molecular weight is 355 g/mol. The van der Waals surface area contributed by atoms with E-state index in [4.69, 9.17) is 9.47 Å². The Kier molecular flexibility index (Phi) is 5.22. The van der Waals surface area contributed by atoms with Gasteiger partial charge in [-0.25, -0.2) is 0 Å². The van der Waals surface area contributed by atoms with E-state index < -0.39 is 10.2 Å². The van der Waals surface area contributed by atoms with Gasteiger partial charge in [0.2, 0.25) is 0 Å². The second-order valence-corrected chi connectivity index (χ2v) is 8.80. The fourth-order valence-electron chi connectivity index (χ4n) is 3.38. The summed E-state index contributed by atoms with van der Waals surface area (Å²) in [5.74, 6) is 0.351. The van der Waals surface area contributed by atoms with Crippen molar-refractivity contribution >= 4 is 10.2 Å². The highest BCUT2D eigenvalue weighted by molar-refractivity contribution is 7.86. The van der Waals surface area contributed by atoms with Crippen LogP contribution in [0.15, 0.2) is 24.5 Å². The van der Waals surface area contributed by atoms with Gasteiger partial charge < -0.3 is 9.47 Å². The molecule has 0 radical (unpaired) electrons. The van der Waals surface area contributed by atoms with E-state index in [1.807, 2.05) is 12.1 Å². The van der Waals surface area contributed by atoms with Crippen LogP contribution in [0.4, 0.5) is 0 Å². The van der Waals surface area contributed by atoms with Crippen LogP contribution >= 0.6 is 0 Å². The lowest BCUT2D eigenvalue weighted by Crippen LogP contribution is -2.67. The van der Waals surface area contributed by atoms with Crippen LogP contribution in [0, 0.1) is 5.92 Å². The van der Waals surface area contributed by atoms with Crippen LogP contribution in [0.1, 0.15) is 18.4 Å². The molecule has 24 heavy (non-hydrogen) atoms. The van der Waals surface area contributed by atoms with E-state index >= 15 is 0 Å². The van der Waals surface area contributed by atoms with Gasteiger partial charge in [-0.2, -0.15) is 17.0 Å². The summed E-state index contributed by atoms with van der Waals surface area (Å²) < 4.78 is 38.7. The summed E-state index contributed by atoms with van der Waals surface area (Å²) in [5.41, 5.74) is 0.789. The van der Waals surface area contributed by atoms with Crippen molar-refractivity contribution < 1.29 is 17.9 Å². The second-order valence-electron chi connectivity index (χ2n) is 6.65. The van der Waals surface area contributed by atoms with Gasteiger partial charge in [0.1, 0.15) is 0 Å². The summed E-state index contributed by atoms with van der Waals surface area (Å²) in [4.78, 5) is 3.98. The van der Waals surface area contributed by atoms with Crippen molar-refractivity contribution in [1.82, 2.24) is 13.6 Å².